The number of thiocarbonyl (C=S) groups is 1. The molecule has 2 rings (SSSR count). The number of anilines is 1. The molecule has 0 aliphatic carbocycles. The Morgan fingerprint density at radius 2 is 1.93 bits per heavy atom. The third-order valence-electron chi connectivity index (χ3n) is 4.35. The molecule has 7 nitrogen and oxygen atoms in total. The number of nitrogens with one attached hydrogen (secondary N) is 1. The number of benzene rings is 1. The first-order valence-corrected chi connectivity index (χ1v) is 9.18. The average Bonchev–Trinajstić information content (AvgIpc) is 2.66. The minimum Gasteiger partial charge on any atom is -0.496 e. The standard InChI is InChI=1S/C19H25N3O4S/c1-5-21(6-2)14-8-7-13(16(12-14)26-4)11-15-17(23)20-19(27)22(18(15)24)9-10-25-3/h7-8,11-12H,5-6,9-10H2,1-4H3,(H,20,23,27)/b15-11-. The maximum absolute atomic E-state index is 12.7. The highest BCUT2D eigenvalue weighted by Crippen LogP contribution is 2.28. The van der Waals surface area contributed by atoms with Gasteiger partial charge in [0.1, 0.15) is 11.3 Å². The summed E-state index contributed by atoms with van der Waals surface area (Å²) in [6.07, 6.45) is 1.53. The van der Waals surface area contributed by atoms with Crippen molar-refractivity contribution < 1.29 is 19.1 Å². The van der Waals surface area contributed by atoms with Crippen LogP contribution in [0.25, 0.3) is 6.08 Å². The van der Waals surface area contributed by atoms with E-state index in [1.54, 1.807) is 7.11 Å². The number of hydrogen-bond acceptors (Lipinski definition) is 6. The Bertz CT molecular complexity index is 759. The number of rotatable bonds is 8. The van der Waals surface area contributed by atoms with E-state index in [0.717, 1.165) is 18.8 Å². The van der Waals surface area contributed by atoms with Crippen molar-refractivity contribution in [2.24, 2.45) is 0 Å². The molecule has 0 aromatic heterocycles. The molecule has 1 aliphatic heterocycles. The molecular formula is C19H25N3O4S. The molecule has 2 amide bonds. The highest BCUT2D eigenvalue weighted by molar-refractivity contribution is 7.80. The van der Waals surface area contributed by atoms with Crippen molar-refractivity contribution in [2.75, 3.05) is 45.4 Å². The van der Waals surface area contributed by atoms with E-state index in [4.69, 9.17) is 21.7 Å². The Morgan fingerprint density at radius 3 is 2.52 bits per heavy atom. The third-order valence-corrected chi connectivity index (χ3v) is 4.67. The Labute approximate surface area is 164 Å². The molecule has 1 heterocycles. The van der Waals surface area contributed by atoms with Gasteiger partial charge in [0.05, 0.1) is 20.3 Å². The van der Waals surface area contributed by atoms with Crippen molar-refractivity contribution in [1.29, 1.82) is 0 Å². The van der Waals surface area contributed by atoms with Gasteiger partial charge >= 0.3 is 0 Å². The number of carbonyl (C=O) groups is 2. The van der Waals surface area contributed by atoms with Gasteiger partial charge in [-0.2, -0.15) is 0 Å². The molecule has 0 saturated carbocycles. The Kier molecular flexibility index (Phi) is 7.32. The fourth-order valence-corrected chi connectivity index (χ4v) is 3.11. The van der Waals surface area contributed by atoms with Crippen LogP contribution in [0.2, 0.25) is 0 Å². The summed E-state index contributed by atoms with van der Waals surface area (Å²) in [6, 6.07) is 5.69. The van der Waals surface area contributed by atoms with E-state index in [0.29, 0.717) is 17.9 Å². The molecule has 146 valence electrons. The van der Waals surface area contributed by atoms with Crippen molar-refractivity contribution in [1.82, 2.24) is 10.2 Å². The molecule has 1 saturated heterocycles. The van der Waals surface area contributed by atoms with E-state index >= 15 is 0 Å². The highest BCUT2D eigenvalue weighted by atomic mass is 32.1. The van der Waals surface area contributed by atoms with E-state index in [9.17, 15) is 9.59 Å². The van der Waals surface area contributed by atoms with Crippen LogP contribution in [0.5, 0.6) is 5.75 Å². The minimum absolute atomic E-state index is 0.00796. The molecule has 0 unspecified atom stereocenters. The van der Waals surface area contributed by atoms with Crippen molar-refractivity contribution >= 4 is 40.9 Å². The summed E-state index contributed by atoms with van der Waals surface area (Å²) >= 11 is 5.09. The zero-order valence-electron chi connectivity index (χ0n) is 16.1. The summed E-state index contributed by atoms with van der Waals surface area (Å²) < 4.78 is 10.5. The van der Waals surface area contributed by atoms with Crippen LogP contribution in [-0.2, 0) is 14.3 Å². The van der Waals surface area contributed by atoms with E-state index in [-0.39, 0.29) is 17.2 Å². The first-order chi connectivity index (χ1) is 13.0. The van der Waals surface area contributed by atoms with E-state index in [1.807, 2.05) is 18.2 Å². The van der Waals surface area contributed by atoms with Gasteiger partial charge in [0.15, 0.2) is 5.11 Å². The molecule has 1 aromatic rings. The van der Waals surface area contributed by atoms with Gasteiger partial charge in [-0.25, -0.2) is 0 Å². The number of ether oxygens (including phenoxy) is 2. The lowest BCUT2D eigenvalue weighted by Gasteiger charge is -2.28. The molecule has 1 fully saturated rings. The molecule has 8 heteroatoms. The Morgan fingerprint density at radius 1 is 1.22 bits per heavy atom. The van der Waals surface area contributed by atoms with Crippen LogP contribution in [-0.4, -0.2) is 62.3 Å². The molecule has 27 heavy (non-hydrogen) atoms. The van der Waals surface area contributed by atoms with Gasteiger partial charge < -0.3 is 14.4 Å². The summed E-state index contributed by atoms with van der Waals surface area (Å²) in [5.41, 5.74) is 1.67. The molecule has 1 aromatic carbocycles. The molecule has 1 N–H and O–H groups in total. The zero-order valence-corrected chi connectivity index (χ0v) is 16.9. The van der Waals surface area contributed by atoms with Crippen LogP contribution >= 0.6 is 12.2 Å². The monoisotopic (exact) mass is 391 g/mol. The molecule has 0 bridgehead atoms. The van der Waals surface area contributed by atoms with Crippen LogP contribution in [0.15, 0.2) is 23.8 Å². The lowest BCUT2D eigenvalue weighted by Crippen LogP contribution is -2.54. The van der Waals surface area contributed by atoms with Crippen LogP contribution in [0.4, 0.5) is 5.69 Å². The Balaban J connectivity index is 2.39. The minimum atomic E-state index is -0.520. The van der Waals surface area contributed by atoms with Crippen LogP contribution in [0.3, 0.4) is 0 Å². The van der Waals surface area contributed by atoms with E-state index in [1.165, 1.54) is 18.1 Å². The first kappa shape index (κ1) is 20.9. The first-order valence-electron chi connectivity index (χ1n) is 8.77. The fourth-order valence-electron chi connectivity index (χ4n) is 2.84. The summed E-state index contributed by atoms with van der Waals surface area (Å²) in [4.78, 5) is 28.5. The number of nitrogens with zero attached hydrogens (tertiary/aromatic N) is 2. The number of amides is 2. The second-order valence-electron chi connectivity index (χ2n) is 5.87. The molecular weight excluding hydrogens is 366 g/mol. The van der Waals surface area contributed by atoms with Gasteiger partial charge in [-0.3, -0.25) is 19.8 Å². The Hall–Kier alpha value is -2.45. The van der Waals surface area contributed by atoms with Crippen LogP contribution in [0.1, 0.15) is 19.4 Å². The van der Waals surface area contributed by atoms with E-state index < -0.39 is 11.8 Å². The van der Waals surface area contributed by atoms with Crippen molar-refractivity contribution in [2.45, 2.75) is 13.8 Å². The second-order valence-corrected chi connectivity index (χ2v) is 6.25. The summed E-state index contributed by atoms with van der Waals surface area (Å²) in [6.45, 7) is 6.48. The number of methoxy groups -OCH3 is 2. The largest absolute Gasteiger partial charge is 0.496 e. The smallest absolute Gasteiger partial charge is 0.265 e. The van der Waals surface area contributed by atoms with Gasteiger partial charge in [-0.1, -0.05) is 0 Å². The third kappa shape index (κ3) is 4.64. The van der Waals surface area contributed by atoms with Gasteiger partial charge in [0.25, 0.3) is 11.8 Å². The predicted molar refractivity (Wildman–Crippen MR) is 109 cm³/mol. The number of carbonyl (C=O) groups excluding carboxylic acids is 2. The summed E-state index contributed by atoms with van der Waals surface area (Å²) in [5, 5.41) is 2.64. The molecule has 1 aliphatic rings. The normalized spacial score (nSPS) is 15.9. The molecule has 0 atom stereocenters. The van der Waals surface area contributed by atoms with Crippen molar-refractivity contribution in [3.63, 3.8) is 0 Å². The fraction of sp³-hybridized carbons (Fsp3) is 0.421. The highest BCUT2D eigenvalue weighted by Gasteiger charge is 2.33. The van der Waals surface area contributed by atoms with Crippen molar-refractivity contribution in [3.05, 3.63) is 29.3 Å². The summed E-state index contributed by atoms with van der Waals surface area (Å²) in [7, 11) is 3.10. The molecule has 0 radical (unpaired) electrons. The lowest BCUT2D eigenvalue weighted by molar-refractivity contribution is -0.129. The SMILES string of the molecule is CCN(CC)c1ccc(/C=C2/C(=O)NC(=S)N(CCOC)C2=O)c(OC)c1. The van der Waals surface area contributed by atoms with Crippen LogP contribution < -0.4 is 15.0 Å². The summed E-state index contributed by atoms with van der Waals surface area (Å²) in [5.74, 6) is -0.381. The lowest BCUT2D eigenvalue weighted by atomic mass is 10.1. The van der Waals surface area contributed by atoms with Crippen molar-refractivity contribution in [3.8, 4) is 5.75 Å². The van der Waals surface area contributed by atoms with E-state index in [2.05, 4.69) is 24.1 Å². The van der Waals surface area contributed by atoms with Gasteiger partial charge in [-0.05, 0) is 44.3 Å². The second kappa shape index (κ2) is 9.48. The zero-order chi connectivity index (χ0) is 20.0. The average molecular weight is 391 g/mol. The van der Waals surface area contributed by atoms with Gasteiger partial charge in [0.2, 0.25) is 0 Å². The topological polar surface area (TPSA) is 71.1 Å². The molecule has 0 spiro atoms. The maximum atomic E-state index is 12.7. The van der Waals surface area contributed by atoms with Crippen LogP contribution in [0, 0.1) is 0 Å². The van der Waals surface area contributed by atoms with Gasteiger partial charge in [0, 0.05) is 37.5 Å². The maximum Gasteiger partial charge on any atom is 0.265 e. The predicted octanol–water partition coefficient (Wildman–Crippen LogP) is 1.81. The quantitative estimate of drug-likeness (QED) is 0.414. The number of hydrogen-bond donors (Lipinski definition) is 1. The van der Waals surface area contributed by atoms with Gasteiger partial charge in [-0.15, -0.1) is 0 Å².